The summed E-state index contributed by atoms with van der Waals surface area (Å²) in [4.78, 5) is 12.8. The zero-order valence-electron chi connectivity index (χ0n) is 8.53. The quantitative estimate of drug-likeness (QED) is 0.250. The molecule has 0 atom stereocenters. The number of nitrogens with zero attached hydrogens (tertiary/aromatic N) is 1. The molecule has 0 aliphatic rings. The second-order valence-electron chi connectivity index (χ2n) is 2.88. The number of nitrogens with one attached hydrogen (secondary N) is 1. The zero-order valence-corrected chi connectivity index (χ0v) is 8.53. The number of amides is 1. The Hall–Kier alpha value is -0.690. The number of hydrazine groups is 1. The molecule has 6 nitrogen and oxygen atoms in total. The highest BCUT2D eigenvalue weighted by molar-refractivity contribution is 5.75. The summed E-state index contributed by atoms with van der Waals surface area (Å²) in [5.74, 6) is 4.74. The monoisotopic (exact) mass is 205 g/mol. The molecular formula is C8H19N3O3. The Labute approximate surface area is 84.0 Å². The van der Waals surface area contributed by atoms with E-state index in [9.17, 15) is 4.79 Å². The second-order valence-corrected chi connectivity index (χ2v) is 2.88. The lowest BCUT2D eigenvalue weighted by Crippen LogP contribution is -2.36. The smallest absolute Gasteiger partial charge is 0.235 e. The van der Waals surface area contributed by atoms with Crippen LogP contribution in [0.4, 0.5) is 0 Å². The highest BCUT2D eigenvalue weighted by Crippen LogP contribution is 1.91. The van der Waals surface area contributed by atoms with Gasteiger partial charge in [-0.3, -0.25) is 15.1 Å². The third-order valence-electron chi connectivity index (χ3n) is 1.84. The first kappa shape index (κ1) is 13.3. The van der Waals surface area contributed by atoms with Crippen LogP contribution in [0.3, 0.4) is 0 Å². The summed E-state index contributed by atoms with van der Waals surface area (Å²) in [6.45, 7) is 2.49. The van der Waals surface area contributed by atoms with Crippen LogP contribution in [-0.2, 0) is 9.53 Å². The molecule has 0 aromatic heterocycles. The Morgan fingerprint density at radius 2 is 2.21 bits per heavy atom. The molecule has 0 bridgehead atoms. The molecule has 0 aliphatic carbocycles. The van der Waals surface area contributed by atoms with E-state index in [0.29, 0.717) is 32.7 Å². The van der Waals surface area contributed by atoms with Crippen LogP contribution in [0.1, 0.15) is 6.42 Å². The van der Waals surface area contributed by atoms with Crippen molar-refractivity contribution >= 4 is 5.91 Å². The number of hydrogen-bond acceptors (Lipinski definition) is 5. The highest BCUT2D eigenvalue weighted by atomic mass is 16.5. The minimum absolute atomic E-state index is 0.0773. The van der Waals surface area contributed by atoms with Gasteiger partial charge in [0.1, 0.15) is 0 Å². The van der Waals surface area contributed by atoms with E-state index in [4.69, 9.17) is 15.7 Å². The van der Waals surface area contributed by atoms with E-state index in [-0.39, 0.29) is 12.5 Å². The van der Waals surface area contributed by atoms with Crippen molar-refractivity contribution in [1.29, 1.82) is 0 Å². The molecule has 0 spiro atoms. The van der Waals surface area contributed by atoms with Crippen LogP contribution in [-0.4, -0.2) is 55.9 Å². The first-order chi connectivity index (χ1) is 6.74. The van der Waals surface area contributed by atoms with E-state index in [1.54, 1.807) is 7.11 Å². The molecule has 0 unspecified atom stereocenters. The number of aliphatic hydroxyl groups is 1. The van der Waals surface area contributed by atoms with E-state index >= 15 is 0 Å². The Morgan fingerprint density at radius 3 is 2.71 bits per heavy atom. The molecule has 0 rings (SSSR count). The van der Waals surface area contributed by atoms with Crippen LogP contribution in [0.25, 0.3) is 0 Å². The Bertz CT molecular complexity index is 155. The van der Waals surface area contributed by atoms with Gasteiger partial charge in [0.25, 0.3) is 0 Å². The molecule has 0 heterocycles. The largest absolute Gasteiger partial charge is 0.395 e. The van der Waals surface area contributed by atoms with E-state index in [1.807, 2.05) is 4.90 Å². The number of ether oxygens (including phenoxy) is 1. The molecule has 0 saturated carbocycles. The van der Waals surface area contributed by atoms with Crippen molar-refractivity contribution in [3.8, 4) is 0 Å². The lowest BCUT2D eigenvalue weighted by atomic mass is 10.3. The van der Waals surface area contributed by atoms with E-state index in [2.05, 4.69) is 5.43 Å². The standard InChI is InChI=1S/C8H19N3O3/c1-14-7-5-11(4-6-12)3-2-8(13)10-9/h12H,2-7,9H2,1H3,(H,10,13). The summed E-state index contributed by atoms with van der Waals surface area (Å²) in [6, 6.07) is 0. The lowest BCUT2D eigenvalue weighted by molar-refractivity contribution is -0.121. The van der Waals surface area contributed by atoms with Crippen molar-refractivity contribution in [3.63, 3.8) is 0 Å². The minimum Gasteiger partial charge on any atom is -0.395 e. The van der Waals surface area contributed by atoms with Gasteiger partial charge in [0.05, 0.1) is 13.2 Å². The van der Waals surface area contributed by atoms with E-state index in [1.165, 1.54) is 0 Å². The van der Waals surface area contributed by atoms with Crippen molar-refractivity contribution < 1.29 is 14.6 Å². The van der Waals surface area contributed by atoms with Crippen LogP contribution < -0.4 is 11.3 Å². The molecule has 0 saturated heterocycles. The number of methoxy groups -OCH3 is 1. The van der Waals surface area contributed by atoms with Crippen LogP contribution >= 0.6 is 0 Å². The number of carbonyl (C=O) groups excluding carboxylic acids is 1. The van der Waals surface area contributed by atoms with Gasteiger partial charge in [-0.15, -0.1) is 0 Å². The van der Waals surface area contributed by atoms with E-state index in [0.717, 1.165) is 0 Å². The SMILES string of the molecule is COCCN(CCO)CCC(=O)NN. The number of nitrogens with two attached hydrogens (primary N) is 1. The summed E-state index contributed by atoms with van der Waals surface area (Å²) in [7, 11) is 1.61. The average Bonchev–Trinajstić information content (AvgIpc) is 2.21. The van der Waals surface area contributed by atoms with Gasteiger partial charge in [0.15, 0.2) is 0 Å². The van der Waals surface area contributed by atoms with Gasteiger partial charge in [-0.1, -0.05) is 0 Å². The van der Waals surface area contributed by atoms with Crippen molar-refractivity contribution in [2.24, 2.45) is 5.84 Å². The predicted molar refractivity (Wildman–Crippen MR) is 52.3 cm³/mol. The fourth-order valence-corrected chi connectivity index (χ4v) is 1.03. The van der Waals surface area contributed by atoms with Gasteiger partial charge in [-0.2, -0.15) is 0 Å². The van der Waals surface area contributed by atoms with Crippen LogP contribution in [0.2, 0.25) is 0 Å². The molecule has 0 fully saturated rings. The zero-order chi connectivity index (χ0) is 10.8. The van der Waals surface area contributed by atoms with Gasteiger partial charge >= 0.3 is 0 Å². The number of aliphatic hydroxyl groups excluding tert-OH is 1. The number of hydrogen-bond donors (Lipinski definition) is 3. The van der Waals surface area contributed by atoms with Crippen molar-refractivity contribution in [3.05, 3.63) is 0 Å². The molecule has 14 heavy (non-hydrogen) atoms. The predicted octanol–water partition coefficient (Wildman–Crippen LogP) is -1.69. The molecule has 0 aromatic carbocycles. The summed E-state index contributed by atoms with van der Waals surface area (Å²) in [5, 5.41) is 8.75. The normalized spacial score (nSPS) is 10.6. The van der Waals surface area contributed by atoms with Crippen LogP contribution in [0.15, 0.2) is 0 Å². The minimum atomic E-state index is -0.203. The summed E-state index contributed by atoms with van der Waals surface area (Å²) < 4.78 is 4.90. The first-order valence-corrected chi connectivity index (χ1v) is 4.56. The number of carbonyl (C=O) groups is 1. The third-order valence-corrected chi connectivity index (χ3v) is 1.84. The Balaban J connectivity index is 3.66. The van der Waals surface area contributed by atoms with Crippen molar-refractivity contribution in [2.45, 2.75) is 6.42 Å². The highest BCUT2D eigenvalue weighted by Gasteiger charge is 2.06. The molecule has 1 amide bonds. The van der Waals surface area contributed by atoms with Gasteiger partial charge in [0, 0.05) is 33.2 Å². The fourth-order valence-electron chi connectivity index (χ4n) is 1.03. The Morgan fingerprint density at radius 1 is 1.50 bits per heavy atom. The molecule has 0 radical (unpaired) electrons. The maximum Gasteiger partial charge on any atom is 0.235 e. The van der Waals surface area contributed by atoms with Gasteiger partial charge < -0.3 is 9.84 Å². The molecule has 84 valence electrons. The van der Waals surface area contributed by atoms with E-state index < -0.39 is 0 Å². The summed E-state index contributed by atoms with van der Waals surface area (Å²) in [6.07, 6.45) is 0.334. The lowest BCUT2D eigenvalue weighted by Gasteiger charge is -2.19. The molecule has 6 heteroatoms. The maximum atomic E-state index is 10.8. The molecule has 4 N–H and O–H groups in total. The Kier molecular flexibility index (Phi) is 8.45. The third kappa shape index (κ3) is 6.79. The topological polar surface area (TPSA) is 87.8 Å². The number of rotatable bonds is 8. The molecule has 0 aromatic rings. The van der Waals surface area contributed by atoms with Crippen LogP contribution in [0.5, 0.6) is 0 Å². The van der Waals surface area contributed by atoms with Gasteiger partial charge in [-0.05, 0) is 0 Å². The van der Waals surface area contributed by atoms with Crippen molar-refractivity contribution in [2.75, 3.05) is 40.0 Å². The average molecular weight is 205 g/mol. The first-order valence-electron chi connectivity index (χ1n) is 4.56. The van der Waals surface area contributed by atoms with Gasteiger partial charge in [-0.25, -0.2) is 5.84 Å². The molecule has 0 aliphatic heterocycles. The maximum absolute atomic E-state index is 10.8. The second kappa shape index (κ2) is 8.89. The van der Waals surface area contributed by atoms with Gasteiger partial charge in [0.2, 0.25) is 5.91 Å². The van der Waals surface area contributed by atoms with Crippen molar-refractivity contribution in [1.82, 2.24) is 10.3 Å². The summed E-state index contributed by atoms with van der Waals surface area (Å²) in [5.41, 5.74) is 2.06. The van der Waals surface area contributed by atoms with Crippen LogP contribution in [0, 0.1) is 0 Å². The summed E-state index contributed by atoms with van der Waals surface area (Å²) >= 11 is 0. The fraction of sp³-hybridized carbons (Fsp3) is 0.875. The molecular weight excluding hydrogens is 186 g/mol.